The Kier molecular flexibility index (Phi) is 7.12. The Bertz CT molecular complexity index is 1080. The van der Waals surface area contributed by atoms with Crippen molar-refractivity contribution in [3.8, 4) is 11.5 Å². The lowest BCUT2D eigenvalue weighted by atomic mass is 10.1. The Hall–Kier alpha value is -2.84. The predicted octanol–water partition coefficient (Wildman–Crippen LogP) is 6.46. The minimum atomic E-state index is -0.513. The number of hydrogen-bond donors (Lipinski definition) is 0. The highest BCUT2D eigenvalue weighted by Gasteiger charge is 2.22. The van der Waals surface area contributed by atoms with Gasteiger partial charge in [0.05, 0.1) is 16.0 Å². The van der Waals surface area contributed by atoms with Gasteiger partial charge >= 0.3 is 5.69 Å². The highest BCUT2D eigenvalue weighted by Crippen LogP contribution is 2.38. The molecular formula is C21H18BrClN2O5. The molecule has 9 heteroatoms. The van der Waals surface area contributed by atoms with Gasteiger partial charge in [-0.2, -0.15) is 0 Å². The average Bonchev–Trinajstić information content (AvgIpc) is 3.08. The SMILES string of the molecule is CCOc1cc(/C=C\c2onc(C)c2[N+](=O)[O-])cc(Br)c1OCc1ccc(Cl)cc1. The molecule has 7 nitrogen and oxygen atoms in total. The first kappa shape index (κ1) is 21.9. The van der Waals surface area contributed by atoms with Crippen LogP contribution in [0.5, 0.6) is 11.5 Å². The van der Waals surface area contributed by atoms with Crippen LogP contribution in [0.15, 0.2) is 45.4 Å². The monoisotopic (exact) mass is 492 g/mol. The van der Waals surface area contributed by atoms with Gasteiger partial charge in [0.1, 0.15) is 6.61 Å². The number of nitro groups is 1. The highest BCUT2D eigenvalue weighted by atomic mass is 79.9. The van der Waals surface area contributed by atoms with Crippen molar-refractivity contribution in [1.29, 1.82) is 0 Å². The quantitative estimate of drug-likeness (QED) is 0.264. The summed E-state index contributed by atoms with van der Waals surface area (Å²) in [6.07, 6.45) is 3.19. The molecule has 30 heavy (non-hydrogen) atoms. The first-order valence-electron chi connectivity index (χ1n) is 9.01. The van der Waals surface area contributed by atoms with E-state index >= 15 is 0 Å². The Labute approximate surface area is 186 Å². The number of halogens is 2. The Morgan fingerprint density at radius 1 is 1.23 bits per heavy atom. The zero-order valence-electron chi connectivity index (χ0n) is 16.2. The molecule has 3 aromatic rings. The third-order valence-electron chi connectivity index (χ3n) is 4.09. The summed E-state index contributed by atoms with van der Waals surface area (Å²) in [5, 5.41) is 15.5. The van der Waals surface area contributed by atoms with Gasteiger partial charge in [-0.1, -0.05) is 35.0 Å². The fraction of sp³-hybridized carbons (Fsp3) is 0.190. The van der Waals surface area contributed by atoms with Gasteiger partial charge in [0.25, 0.3) is 0 Å². The first-order valence-corrected chi connectivity index (χ1v) is 10.2. The fourth-order valence-electron chi connectivity index (χ4n) is 2.71. The molecule has 1 aromatic heterocycles. The lowest BCUT2D eigenvalue weighted by molar-refractivity contribution is -0.386. The van der Waals surface area contributed by atoms with Crippen molar-refractivity contribution in [2.24, 2.45) is 0 Å². The van der Waals surface area contributed by atoms with Gasteiger partial charge in [0, 0.05) is 5.02 Å². The smallest absolute Gasteiger partial charge is 0.338 e. The average molecular weight is 494 g/mol. The zero-order chi connectivity index (χ0) is 21.7. The van der Waals surface area contributed by atoms with Crippen LogP contribution in [0.1, 0.15) is 29.5 Å². The standard InChI is InChI=1S/C21H18BrClN2O5/c1-3-28-19-11-15(6-9-18-20(25(26)27)13(2)24-30-18)10-17(22)21(19)29-12-14-4-7-16(23)8-5-14/h4-11H,3,12H2,1-2H3/b9-6-. The second-order valence-electron chi connectivity index (χ2n) is 6.25. The summed E-state index contributed by atoms with van der Waals surface area (Å²) >= 11 is 9.43. The molecule has 3 rings (SSSR count). The molecule has 0 spiro atoms. The molecule has 0 amide bonds. The second-order valence-corrected chi connectivity index (χ2v) is 7.54. The molecule has 0 aliphatic rings. The van der Waals surface area contributed by atoms with Crippen LogP contribution in [0.3, 0.4) is 0 Å². The maximum Gasteiger partial charge on any atom is 0.338 e. The van der Waals surface area contributed by atoms with E-state index in [2.05, 4.69) is 21.1 Å². The van der Waals surface area contributed by atoms with Crippen molar-refractivity contribution >= 4 is 45.4 Å². The van der Waals surface area contributed by atoms with Crippen molar-refractivity contribution in [2.75, 3.05) is 6.61 Å². The van der Waals surface area contributed by atoms with E-state index in [9.17, 15) is 10.1 Å². The van der Waals surface area contributed by atoms with Gasteiger partial charge in [-0.3, -0.25) is 10.1 Å². The van der Waals surface area contributed by atoms with Crippen LogP contribution >= 0.6 is 27.5 Å². The van der Waals surface area contributed by atoms with Crippen molar-refractivity contribution < 1.29 is 18.9 Å². The van der Waals surface area contributed by atoms with Crippen LogP contribution in [-0.2, 0) is 6.61 Å². The Morgan fingerprint density at radius 3 is 2.63 bits per heavy atom. The normalized spacial score (nSPS) is 11.1. The van der Waals surface area contributed by atoms with Crippen molar-refractivity contribution in [2.45, 2.75) is 20.5 Å². The van der Waals surface area contributed by atoms with Gasteiger partial charge in [-0.05, 0) is 71.2 Å². The second kappa shape index (κ2) is 9.77. The number of nitrogens with zero attached hydrogens (tertiary/aromatic N) is 2. The zero-order valence-corrected chi connectivity index (χ0v) is 18.6. The van der Waals surface area contributed by atoms with E-state index in [-0.39, 0.29) is 17.1 Å². The van der Waals surface area contributed by atoms with Crippen LogP contribution in [0.2, 0.25) is 5.02 Å². The summed E-state index contributed by atoms with van der Waals surface area (Å²) in [7, 11) is 0. The number of ether oxygens (including phenoxy) is 2. The fourth-order valence-corrected chi connectivity index (χ4v) is 3.41. The Morgan fingerprint density at radius 2 is 1.97 bits per heavy atom. The summed E-state index contributed by atoms with van der Waals surface area (Å²) in [5.41, 5.74) is 1.78. The molecule has 0 saturated heterocycles. The molecule has 0 aliphatic heterocycles. The molecule has 1 heterocycles. The molecule has 0 saturated carbocycles. The molecule has 156 valence electrons. The highest BCUT2D eigenvalue weighted by molar-refractivity contribution is 9.10. The predicted molar refractivity (Wildman–Crippen MR) is 118 cm³/mol. The lowest BCUT2D eigenvalue weighted by Gasteiger charge is -2.15. The third-order valence-corrected chi connectivity index (χ3v) is 4.94. The molecule has 0 bridgehead atoms. The lowest BCUT2D eigenvalue weighted by Crippen LogP contribution is -2.01. The number of benzene rings is 2. The van der Waals surface area contributed by atoms with E-state index in [1.54, 1.807) is 24.3 Å². The summed E-state index contributed by atoms with van der Waals surface area (Å²) in [4.78, 5) is 10.7. The summed E-state index contributed by atoms with van der Waals surface area (Å²) in [5.74, 6) is 1.18. The van der Waals surface area contributed by atoms with E-state index in [1.165, 1.54) is 13.0 Å². The van der Waals surface area contributed by atoms with Crippen molar-refractivity contribution in [1.82, 2.24) is 5.16 Å². The van der Waals surface area contributed by atoms with Crippen molar-refractivity contribution in [3.63, 3.8) is 0 Å². The topological polar surface area (TPSA) is 87.6 Å². The minimum absolute atomic E-state index is 0.0784. The molecule has 0 radical (unpaired) electrons. The van der Waals surface area contributed by atoms with Gasteiger partial charge in [-0.25, -0.2) is 0 Å². The van der Waals surface area contributed by atoms with Gasteiger partial charge in [-0.15, -0.1) is 0 Å². The van der Waals surface area contributed by atoms with Gasteiger partial charge in [0.15, 0.2) is 17.2 Å². The van der Waals surface area contributed by atoms with Crippen LogP contribution < -0.4 is 9.47 Å². The molecular weight excluding hydrogens is 476 g/mol. The minimum Gasteiger partial charge on any atom is -0.490 e. The Balaban J connectivity index is 1.85. The maximum absolute atomic E-state index is 11.2. The van der Waals surface area contributed by atoms with E-state index in [0.717, 1.165) is 11.1 Å². The van der Waals surface area contributed by atoms with Crippen LogP contribution in [-0.4, -0.2) is 16.7 Å². The molecule has 0 atom stereocenters. The molecule has 0 unspecified atom stereocenters. The summed E-state index contributed by atoms with van der Waals surface area (Å²) in [6, 6.07) is 11.0. The van der Waals surface area contributed by atoms with Crippen molar-refractivity contribution in [3.05, 3.63) is 78.6 Å². The molecule has 2 aromatic carbocycles. The molecule has 0 aliphatic carbocycles. The van der Waals surface area contributed by atoms with E-state index < -0.39 is 4.92 Å². The molecule has 0 fully saturated rings. The first-order chi connectivity index (χ1) is 14.4. The van der Waals surface area contributed by atoms with Crippen LogP contribution in [0.4, 0.5) is 5.69 Å². The van der Waals surface area contributed by atoms with E-state index in [0.29, 0.717) is 34.2 Å². The van der Waals surface area contributed by atoms with E-state index in [1.807, 2.05) is 25.1 Å². The van der Waals surface area contributed by atoms with Gasteiger partial charge < -0.3 is 14.0 Å². The van der Waals surface area contributed by atoms with Crippen LogP contribution in [0, 0.1) is 17.0 Å². The number of aromatic nitrogens is 1. The molecule has 0 N–H and O–H groups in total. The number of rotatable bonds is 8. The number of aryl methyl sites for hydroxylation is 1. The third kappa shape index (κ3) is 5.20. The van der Waals surface area contributed by atoms with E-state index in [4.69, 9.17) is 25.6 Å². The van der Waals surface area contributed by atoms with Crippen LogP contribution in [0.25, 0.3) is 12.2 Å². The number of hydrogen-bond acceptors (Lipinski definition) is 6. The summed E-state index contributed by atoms with van der Waals surface area (Å²) < 4.78 is 17.4. The maximum atomic E-state index is 11.2. The van der Waals surface area contributed by atoms with Gasteiger partial charge in [0.2, 0.25) is 5.76 Å². The summed E-state index contributed by atoms with van der Waals surface area (Å²) in [6.45, 7) is 4.19. The largest absolute Gasteiger partial charge is 0.490 e.